The predicted octanol–water partition coefficient (Wildman–Crippen LogP) is 4.18. The van der Waals surface area contributed by atoms with E-state index in [0.29, 0.717) is 28.8 Å². The third-order valence-corrected chi connectivity index (χ3v) is 7.31. The number of hydrogen-bond acceptors (Lipinski definition) is 6. The van der Waals surface area contributed by atoms with Crippen LogP contribution >= 0.6 is 33.9 Å². The van der Waals surface area contributed by atoms with Gasteiger partial charge in [0.25, 0.3) is 12.3 Å². The van der Waals surface area contributed by atoms with E-state index in [4.69, 9.17) is 5.73 Å². The summed E-state index contributed by atoms with van der Waals surface area (Å²) in [6, 6.07) is 1.26. The summed E-state index contributed by atoms with van der Waals surface area (Å²) < 4.78 is 31.4. The molecular weight excluding hydrogens is 579 g/mol. The Morgan fingerprint density at radius 2 is 1.94 bits per heavy atom. The SMILES string of the molecule is Cc1nn(CCC(=O)Nc2c(C(N)=O)sc3nc(C(F)F)cc(-c4cn(C)nc4C)c23)cc1I. The monoisotopic (exact) mass is 599 g/mol. The van der Waals surface area contributed by atoms with E-state index in [0.717, 1.165) is 20.6 Å². The lowest BCUT2D eigenvalue weighted by atomic mass is 10.0. The van der Waals surface area contributed by atoms with Crippen molar-refractivity contribution in [3.05, 3.63) is 44.0 Å². The molecule has 0 aromatic carbocycles. The number of hydrogen-bond donors (Lipinski definition) is 2. The van der Waals surface area contributed by atoms with Gasteiger partial charge < -0.3 is 11.1 Å². The number of aryl methyl sites for hydroxylation is 4. The van der Waals surface area contributed by atoms with Crippen LogP contribution in [0.3, 0.4) is 0 Å². The van der Waals surface area contributed by atoms with Gasteiger partial charge in [0.2, 0.25) is 5.91 Å². The van der Waals surface area contributed by atoms with Crippen LogP contribution in [0.1, 0.15) is 39.6 Å². The van der Waals surface area contributed by atoms with Gasteiger partial charge in [-0.05, 0) is 48.1 Å². The van der Waals surface area contributed by atoms with E-state index < -0.39 is 18.0 Å². The third-order valence-electron chi connectivity index (χ3n) is 5.15. The maximum atomic E-state index is 13.6. The number of rotatable bonds is 7. The fraction of sp³-hybridized carbons (Fsp3) is 0.286. The molecule has 4 aromatic heterocycles. The number of thiophene rings is 1. The molecule has 4 aromatic rings. The lowest BCUT2D eigenvalue weighted by Crippen LogP contribution is -2.18. The molecule has 0 bridgehead atoms. The van der Waals surface area contributed by atoms with E-state index in [-0.39, 0.29) is 27.7 Å². The zero-order chi connectivity index (χ0) is 24.7. The minimum Gasteiger partial charge on any atom is -0.365 e. The number of alkyl halides is 2. The predicted molar refractivity (Wildman–Crippen MR) is 133 cm³/mol. The van der Waals surface area contributed by atoms with Crippen LogP contribution < -0.4 is 11.1 Å². The Labute approximate surface area is 210 Å². The van der Waals surface area contributed by atoms with Crippen LogP contribution in [0.15, 0.2) is 18.5 Å². The van der Waals surface area contributed by atoms with Crippen LogP contribution in [0, 0.1) is 17.4 Å². The van der Waals surface area contributed by atoms with Gasteiger partial charge in [-0.25, -0.2) is 13.8 Å². The number of carbonyl (C=O) groups excluding carboxylic acids is 2. The molecule has 34 heavy (non-hydrogen) atoms. The molecule has 0 fully saturated rings. The van der Waals surface area contributed by atoms with Crippen molar-refractivity contribution in [2.24, 2.45) is 12.8 Å². The molecule has 0 atom stereocenters. The normalized spacial score (nSPS) is 11.5. The number of nitrogens with zero attached hydrogens (tertiary/aromatic N) is 5. The van der Waals surface area contributed by atoms with Crippen molar-refractivity contribution in [1.82, 2.24) is 24.5 Å². The van der Waals surface area contributed by atoms with Gasteiger partial charge in [-0.3, -0.25) is 19.0 Å². The number of pyridine rings is 1. The van der Waals surface area contributed by atoms with Crippen molar-refractivity contribution in [3.8, 4) is 11.1 Å². The first-order valence-corrected chi connectivity index (χ1v) is 12.0. The van der Waals surface area contributed by atoms with Crippen molar-refractivity contribution in [2.45, 2.75) is 33.2 Å². The molecule has 0 saturated heterocycles. The minimum atomic E-state index is -2.82. The Morgan fingerprint density at radius 1 is 1.21 bits per heavy atom. The van der Waals surface area contributed by atoms with Gasteiger partial charge in [0.1, 0.15) is 15.4 Å². The number of anilines is 1. The van der Waals surface area contributed by atoms with E-state index in [2.05, 4.69) is 43.1 Å². The number of halogens is 3. The van der Waals surface area contributed by atoms with Gasteiger partial charge in [-0.15, -0.1) is 11.3 Å². The molecule has 0 aliphatic carbocycles. The zero-order valence-electron chi connectivity index (χ0n) is 18.4. The molecule has 0 spiro atoms. The second-order valence-corrected chi connectivity index (χ2v) is 9.83. The molecule has 0 aliphatic rings. The molecule has 0 unspecified atom stereocenters. The molecule has 0 saturated carbocycles. The van der Waals surface area contributed by atoms with Gasteiger partial charge >= 0.3 is 0 Å². The molecule has 0 radical (unpaired) electrons. The van der Waals surface area contributed by atoms with Gasteiger partial charge in [0.15, 0.2) is 0 Å². The zero-order valence-corrected chi connectivity index (χ0v) is 21.4. The largest absolute Gasteiger partial charge is 0.365 e. The molecule has 0 aliphatic heterocycles. The summed E-state index contributed by atoms with van der Waals surface area (Å²) in [4.78, 5) is 29.3. The quantitative estimate of drug-likeness (QED) is 0.309. The molecule has 4 heterocycles. The first-order valence-electron chi connectivity index (χ1n) is 10.1. The first-order chi connectivity index (χ1) is 16.0. The van der Waals surface area contributed by atoms with Crippen molar-refractivity contribution < 1.29 is 18.4 Å². The summed E-state index contributed by atoms with van der Waals surface area (Å²) in [6.45, 7) is 3.94. The van der Waals surface area contributed by atoms with Crippen LogP contribution in [0.4, 0.5) is 14.5 Å². The van der Waals surface area contributed by atoms with E-state index >= 15 is 0 Å². The van der Waals surface area contributed by atoms with Gasteiger partial charge in [-0.2, -0.15) is 10.2 Å². The van der Waals surface area contributed by atoms with Gasteiger partial charge in [-0.1, -0.05) is 0 Å². The van der Waals surface area contributed by atoms with Crippen LogP contribution in [-0.4, -0.2) is 36.4 Å². The van der Waals surface area contributed by atoms with Crippen molar-refractivity contribution in [3.63, 3.8) is 0 Å². The fourth-order valence-electron chi connectivity index (χ4n) is 3.62. The van der Waals surface area contributed by atoms with E-state index in [9.17, 15) is 18.4 Å². The summed E-state index contributed by atoms with van der Waals surface area (Å²) in [6.07, 6.45) is 0.777. The molecular formula is C21H20F2IN7O2S. The standard InChI is InChI=1S/C21H20F2IN7O2S/c1-9-12(7-30(3)28-9)11-6-14(19(22)23)26-21-16(11)17(18(34-21)20(25)33)27-15(32)4-5-31-8-13(24)10(2)29-31/h6-8,19H,4-5H2,1-3H3,(H2,25,33)(H,27,32). The molecule has 3 N–H and O–H groups in total. The number of carbonyl (C=O) groups is 2. The Kier molecular flexibility index (Phi) is 6.66. The highest BCUT2D eigenvalue weighted by molar-refractivity contribution is 14.1. The number of nitrogens with two attached hydrogens (primary N) is 1. The molecule has 2 amide bonds. The number of primary amides is 1. The van der Waals surface area contributed by atoms with Crippen LogP contribution in [0.25, 0.3) is 21.3 Å². The second-order valence-electron chi connectivity index (χ2n) is 7.67. The third kappa shape index (κ3) is 4.66. The van der Waals surface area contributed by atoms with Crippen LogP contribution in [-0.2, 0) is 18.4 Å². The number of aromatic nitrogens is 5. The van der Waals surface area contributed by atoms with E-state index in [1.807, 2.05) is 13.1 Å². The number of amides is 2. The Morgan fingerprint density at radius 3 is 2.50 bits per heavy atom. The second kappa shape index (κ2) is 9.37. The summed E-state index contributed by atoms with van der Waals surface area (Å²) in [7, 11) is 1.71. The van der Waals surface area contributed by atoms with Crippen molar-refractivity contribution >= 4 is 61.6 Å². The van der Waals surface area contributed by atoms with Crippen LogP contribution in [0.5, 0.6) is 0 Å². The van der Waals surface area contributed by atoms with E-state index in [1.165, 1.54) is 6.07 Å². The topological polar surface area (TPSA) is 121 Å². The lowest BCUT2D eigenvalue weighted by molar-refractivity contribution is -0.116. The van der Waals surface area contributed by atoms with Crippen LogP contribution in [0.2, 0.25) is 0 Å². The highest BCUT2D eigenvalue weighted by Crippen LogP contribution is 2.43. The maximum Gasteiger partial charge on any atom is 0.280 e. The average Bonchev–Trinajstić information content (AvgIpc) is 3.40. The maximum absolute atomic E-state index is 13.6. The summed E-state index contributed by atoms with van der Waals surface area (Å²) >= 11 is 3.03. The summed E-state index contributed by atoms with van der Waals surface area (Å²) in [5.74, 6) is -1.17. The van der Waals surface area contributed by atoms with Gasteiger partial charge in [0.05, 0.1) is 20.6 Å². The number of fused-ring (bicyclic) bond motifs is 1. The highest BCUT2D eigenvalue weighted by atomic mass is 127. The molecule has 178 valence electrons. The summed E-state index contributed by atoms with van der Waals surface area (Å²) in [5.41, 5.74) is 7.73. The lowest BCUT2D eigenvalue weighted by Gasteiger charge is -2.10. The first kappa shape index (κ1) is 24.2. The summed E-state index contributed by atoms with van der Waals surface area (Å²) in [5, 5.41) is 11.8. The van der Waals surface area contributed by atoms with Crippen molar-refractivity contribution in [2.75, 3.05) is 5.32 Å². The highest BCUT2D eigenvalue weighted by Gasteiger charge is 2.26. The Hall–Kier alpha value is -2.94. The fourth-order valence-corrected chi connectivity index (χ4v) is 5.07. The molecule has 9 nitrogen and oxygen atoms in total. The molecule has 4 rings (SSSR count). The molecule has 13 heteroatoms. The minimum absolute atomic E-state index is 0.0366. The Bertz CT molecular complexity index is 1410. The Balaban J connectivity index is 1.79. The van der Waals surface area contributed by atoms with E-state index in [1.54, 1.807) is 29.5 Å². The smallest absolute Gasteiger partial charge is 0.280 e. The van der Waals surface area contributed by atoms with Crippen molar-refractivity contribution in [1.29, 1.82) is 0 Å². The van der Waals surface area contributed by atoms with Gasteiger partial charge in [0, 0.05) is 43.4 Å². The average molecular weight is 599 g/mol. The number of nitrogens with one attached hydrogen (secondary N) is 1.